The molecule has 0 N–H and O–H groups in total. The molecule has 2 aliphatic heterocycles. The topological polar surface area (TPSA) is 69.9 Å². The zero-order valence-electron chi connectivity index (χ0n) is 14.1. The summed E-state index contributed by atoms with van der Waals surface area (Å²) in [5, 5.41) is 11.0. The summed E-state index contributed by atoms with van der Waals surface area (Å²) in [6.07, 6.45) is 4.88. The van der Waals surface area contributed by atoms with Crippen LogP contribution in [0.4, 0.5) is 17.1 Å². The highest BCUT2D eigenvalue weighted by molar-refractivity contribution is 6.03. The number of rotatable bonds is 5. The van der Waals surface area contributed by atoms with Gasteiger partial charge < -0.3 is 14.7 Å². The van der Waals surface area contributed by atoms with E-state index in [4.69, 9.17) is 0 Å². The molecule has 1 fully saturated rings. The van der Waals surface area contributed by atoms with Gasteiger partial charge in [0.1, 0.15) is 0 Å². The summed E-state index contributed by atoms with van der Waals surface area (Å²) in [6.45, 7) is 4.51. The summed E-state index contributed by atoms with van der Waals surface area (Å²) in [4.78, 5) is 28.8. The Hall–Kier alpha value is -2.15. The molecule has 24 heavy (non-hydrogen) atoms. The lowest BCUT2D eigenvalue weighted by molar-refractivity contribution is -0.384. The van der Waals surface area contributed by atoms with Crippen LogP contribution in [0, 0.1) is 10.1 Å². The number of hydrogen-bond donors (Lipinski definition) is 0. The summed E-state index contributed by atoms with van der Waals surface area (Å²) < 4.78 is 0. The highest BCUT2D eigenvalue weighted by Crippen LogP contribution is 2.35. The second kappa shape index (κ2) is 7.17. The van der Waals surface area contributed by atoms with Gasteiger partial charge in [-0.1, -0.05) is 6.42 Å². The van der Waals surface area contributed by atoms with Crippen molar-refractivity contribution in [3.05, 3.63) is 28.3 Å². The van der Waals surface area contributed by atoms with Crippen LogP contribution < -0.4 is 9.80 Å². The highest BCUT2D eigenvalue weighted by atomic mass is 16.6. The van der Waals surface area contributed by atoms with Gasteiger partial charge in [0.15, 0.2) is 0 Å². The number of nitro groups is 1. The maximum Gasteiger partial charge on any atom is 0.271 e. The van der Waals surface area contributed by atoms with Crippen LogP contribution in [-0.2, 0) is 4.79 Å². The second-order valence-electron chi connectivity index (χ2n) is 6.56. The van der Waals surface area contributed by atoms with Gasteiger partial charge in [0, 0.05) is 25.7 Å². The average Bonchev–Trinajstić information content (AvgIpc) is 2.59. The Bertz CT molecular complexity index is 628. The van der Waals surface area contributed by atoms with Crippen molar-refractivity contribution in [3.8, 4) is 0 Å². The Labute approximate surface area is 142 Å². The molecular formula is C17H24N4O3. The van der Waals surface area contributed by atoms with Gasteiger partial charge in [-0.2, -0.15) is 0 Å². The van der Waals surface area contributed by atoms with Crippen LogP contribution in [0.3, 0.4) is 0 Å². The van der Waals surface area contributed by atoms with Gasteiger partial charge in [-0.25, -0.2) is 0 Å². The Morgan fingerprint density at radius 1 is 1.12 bits per heavy atom. The average molecular weight is 332 g/mol. The Balaban J connectivity index is 1.69. The first-order chi connectivity index (χ1) is 11.6. The molecule has 0 atom stereocenters. The fraction of sp³-hybridized carbons (Fsp3) is 0.588. The number of hydrogen-bond acceptors (Lipinski definition) is 5. The van der Waals surface area contributed by atoms with E-state index in [1.807, 2.05) is 4.90 Å². The number of carbonyl (C=O) groups excluding carboxylic acids is 1. The molecule has 0 aliphatic carbocycles. The Kier molecular flexibility index (Phi) is 4.99. The van der Waals surface area contributed by atoms with Crippen molar-refractivity contribution >= 4 is 23.0 Å². The van der Waals surface area contributed by atoms with E-state index in [0.717, 1.165) is 25.2 Å². The van der Waals surface area contributed by atoms with Crippen molar-refractivity contribution in [2.75, 3.05) is 49.6 Å². The molecule has 3 rings (SSSR count). The predicted molar refractivity (Wildman–Crippen MR) is 93.6 cm³/mol. The minimum Gasteiger partial charge on any atom is -0.360 e. The SMILES string of the molecule is CN1C(=O)CN(CCCN2CCCCC2)c2ccc([N+](=O)[O-])cc21. The number of nitro benzene ring substituents is 1. The molecule has 1 aromatic carbocycles. The minimum absolute atomic E-state index is 0.0172. The molecule has 0 unspecified atom stereocenters. The number of fused-ring (bicyclic) bond motifs is 1. The quantitative estimate of drug-likeness (QED) is 0.611. The minimum atomic E-state index is -0.423. The maximum absolute atomic E-state index is 12.2. The molecule has 0 spiro atoms. The van der Waals surface area contributed by atoms with E-state index in [9.17, 15) is 14.9 Å². The van der Waals surface area contributed by atoms with Gasteiger partial charge in [0.25, 0.3) is 5.69 Å². The van der Waals surface area contributed by atoms with Gasteiger partial charge in [-0.15, -0.1) is 0 Å². The number of amides is 1. The number of piperidine rings is 1. The molecule has 1 amide bonds. The lowest BCUT2D eigenvalue weighted by atomic mass is 10.1. The van der Waals surface area contributed by atoms with Crippen LogP contribution in [0.5, 0.6) is 0 Å². The van der Waals surface area contributed by atoms with Crippen molar-refractivity contribution < 1.29 is 9.72 Å². The standard InChI is InChI=1S/C17H24N4O3/c1-18-16-12-14(21(23)24)6-7-15(16)20(13-17(18)22)11-5-10-19-8-3-2-4-9-19/h6-7,12H,2-5,8-11,13H2,1H3. The molecule has 1 aromatic rings. The fourth-order valence-electron chi connectivity index (χ4n) is 3.52. The van der Waals surface area contributed by atoms with Gasteiger partial charge in [-0.3, -0.25) is 14.9 Å². The van der Waals surface area contributed by atoms with Crippen LogP contribution in [0.15, 0.2) is 18.2 Å². The van der Waals surface area contributed by atoms with Crippen LogP contribution >= 0.6 is 0 Å². The molecule has 0 bridgehead atoms. The van der Waals surface area contributed by atoms with E-state index in [2.05, 4.69) is 4.90 Å². The first-order valence-electron chi connectivity index (χ1n) is 8.58. The summed E-state index contributed by atoms with van der Waals surface area (Å²) >= 11 is 0. The van der Waals surface area contributed by atoms with E-state index in [1.54, 1.807) is 13.1 Å². The molecule has 7 nitrogen and oxygen atoms in total. The van der Waals surface area contributed by atoms with Gasteiger partial charge >= 0.3 is 0 Å². The second-order valence-corrected chi connectivity index (χ2v) is 6.56. The molecule has 0 radical (unpaired) electrons. The maximum atomic E-state index is 12.2. The van der Waals surface area contributed by atoms with Crippen molar-refractivity contribution in [3.63, 3.8) is 0 Å². The monoisotopic (exact) mass is 332 g/mol. The zero-order chi connectivity index (χ0) is 17.1. The third kappa shape index (κ3) is 3.51. The van der Waals surface area contributed by atoms with E-state index >= 15 is 0 Å². The smallest absolute Gasteiger partial charge is 0.271 e. The largest absolute Gasteiger partial charge is 0.360 e. The number of non-ortho nitro benzene ring substituents is 1. The molecule has 0 aromatic heterocycles. The van der Waals surface area contributed by atoms with Crippen LogP contribution in [0.1, 0.15) is 25.7 Å². The third-order valence-corrected chi connectivity index (χ3v) is 4.92. The van der Waals surface area contributed by atoms with Crippen LogP contribution in [0.25, 0.3) is 0 Å². The van der Waals surface area contributed by atoms with Crippen molar-refractivity contribution in [1.82, 2.24) is 4.90 Å². The van der Waals surface area contributed by atoms with E-state index in [1.165, 1.54) is 49.4 Å². The first-order valence-corrected chi connectivity index (χ1v) is 8.58. The number of anilines is 2. The summed E-state index contributed by atoms with van der Waals surface area (Å²) in [6, 6.07) is 4.77. The lowest BCUT2D eigenvalue weighted by Gasteiger charge is -2.36. The first kappa shape index (κ1) is 16.7. The Morgan fingerprint density at radius 2 is 1.88 bits per heavy atom. The fourth-order valence-corrected chi connectivity index (χ4v) is 3.52. The predicted octanol–water partition coefficient (Wildman–Crippen LogP) is 2.25. The number of likely N-dealkylation sites (N-methyl/N-ethyl adjacent to an activating group) is 1. The number of carbonyl (C=O) groups is 1. The molecule has 2 aliphatic rings. The zero-order valence-corrected chi connectivity index (χ0v) is 14.1. The van der Waals surface area contributed by atoms with Gasteiger partial charge in [0.2, 0.25) is 5.91 Å². The van der Waals surface area contributed by atoms with Crippen molar-refractivity contribution in [1.29, 1.82) is 0 Å². The number of nitrogens with zero attached hydrogens (tertiary/aromatic N) is 4. The van der Waals surface area contributed by atoms with Crippen LogP contribution in [-0.4, -0.2) is 55.5 Å². The van der Waals surface area contributed by atoms with E-state index in [0.29, 0.717) is 12.2 Å². The Morgan fingerprint density at radius 3 is 2.58 bits per heavy atom. The summed E-state index contributed by atoms with van der Waals surface area (Å²) in [5.74, 6) is -0.0269. The van der Waals surface area contributed by atoms with Gasteiger partial charge in [0.05, 0.1) is 22.8 Å². The normalized spacial score (nSPS) is 18.6. The van der Waals surface area contributed by atoms with E-state index in [-0.39, 0.29) is 11.6 Å². The molecule has 2 heterocycles. The summed E-state index contributed by atoms with van der Waals surface area (Å²) in [7, 11) is 1.68. The molecule has 1 saturated heterocycles. The van der Waals surface area contributed by atoms with Gasteiger partial charge in [-0.05, 0) is 45.0 Å². The lowest BCUT2D eigenvalue weighted by Crippen LogP contribution is -2.45. The van der Waals surface area contributed by atoms with Crippen molar-refractivity contribution in [2.45, 2.75) is 25.7 Å². The molecule has 130 valence electrons. The van der Waals surface area contributed by atoms with Crippen molar-refractivity contribution in [2.24, 2.45) is 0 Å². The molecular weight excluding hydrogens is 308 g/mol. The van der Waals surface area contributed by atoms with E-state index < -0.39 is 4.92 Å². The third-order valence-electron chi connectivity index (χ3n) is 4.92. The highest BCUT2D eigenvalue weighted by Gasteiger charge is 2.28. The van der Waals surface area contributed by atoms with Crippen LogP contribution in [0.2, 0.25) is 0 Å². The molecule has 0 saturated carbocycles. The molecule has 7 heteroatoms. The number of likely N-dealkylation sites (tertiary alicyclic amines) is 1. The number of benzene rings is 1. The summed E-state index contributed by atoms with van der Waals surface area (Å²) in [5.41, 5.74) is 1.54.